The summed E-state index contributed by atoms with van der Waals surface area (Å²) in [7, 11) is 1.62. The van der Waals surface area contributed by atoms with Crippen molar-refractivity contribution in [3.63, 3.8) is 0 Å². The minimum Gasteiger partial charge on any atom is -0.493 e. The number of hydrogen-bond donors (Lipinski definition) is 1. The van der Waals surface area contributed by atoms with Gasteiger partial charge in [0.15, 0.2) is 11.5 Å². The zero-order valence-electron chi connectivity index (χ0n) is 15.1. The smallest absolute Gasteiger partial charge is 0.320 e. The van der Waals surface area contributed by atoms with Gasteiger partial charge in [-0.2, -0.15) is 0 Å². The Kier molecular flexibility index (Phi) is 6.12. The van der Waals surface area contributed by atoms with Gasteiger partial charge < -0.3 is 14.6 Å². The lowest BCUT2D eigenvalue weighted by molar-refractivity contribution is -0.144. The summed E-state index contributed by atoms with van der Waals surface area (Å²) in [5.41, 5.74) is 2.11. The van der Waals surface area contributed by atoms with Crippen molar-refractivity contribution in [3.05, 3.63) is 59.7 Å². The Morgan fingerprint density at radius 2 is 1.92 bits per heavy atom. The van der Waals surface area contributed by atoms with Crippen LogP contribution < -0.4 is 9.47 Å². The van der Waals surface area contributed by atoms with Crippen LogP contribution >= 0.6 is 0 Å². The van der Waals surface area contributed by atoms with E-state index in [1.165, 1.54) is 0 Å². The van der Waals surface area contributed by atoms with Crippen molar-refractivity contribution in [3.8, 4) is 11.5 Å². The fourth-order valence-electron chi connectivity index (χ4n) is 3.36. The van der Waals surface area contributed by atoms with Gasteiger partial charge in [0.1, 0.15) is 12.6 Å². The van der Waals surface area contributed by atoms with E-state index in [-0.39, 0.29) is 0 Å². The van der Waals surface area contributed by atoms with Crippen LogP contribution in [0.3, 0.4) is 0 Å². The third-order valence-electron chi connectivity index (χ3n) is 4.75. The molecule has 138 valence electrons. The molecule has 1 heterocycles. The zero-order valence-corrected chi connectivity index (χ0v) is 15.1. The molecule has 3 rings (SSSR count). The van der Waals surface area contributed by atoms with Crippen molar-refractivity contribution in [2.24, 2.45) is 0 Å². The maximum Gasteiger partial charge on any atom is 0.320 e. The number of hydrogen-bond acceptors (Lipinski definition) is 4. The van der Waals surface area contributed by atoms with Crippen molar-refractivity contribution in [2.75, 3.05) is 13.7 Å². The number of rotatable bonds is 7. The van der Waals surface area contributed by atoms with Crippen LogP contribution in [0.15, 0.2) is 48.5 Å². The number of carboxylic acid groups (broad SMARTS) is 1. The van der Waals surface area contributed by atoms with Gasteiger partial charge in [0, 0.05) is 6.54 Å². The first-order valence-corrected chi connectivity index (χ1v) is 8.98. The lowest BCUT2D eigenvalue weighted by Crippen LogP contribution is -2.43. The number of nitrogens with zero attached hydrogens (tertiary/aromatic N) is 1. The third kappa shape index (κ3) is 4.55. The summed E-state index contributed by atoms with van der Waals surface area (Å²) in [4.78, 5) is 13.5. The van der Waals surface area contributed by atoms with Crippen LogP contribution in [0.5, 0.6) is 11.5 Å². The topological polar surface area (TPSA) is 59.0 Å². The van der Waals surface area contributed by atoms with Crippen LogP contribution in [0.1, 0.15) is 30.4 Å². The fourth-order valence-corrected chi connectivity index (χ4v) is 3.36. The molecule has 2 aromatic carbocycles. The Hall–Kier alpha value is -2.53. The molecule has 0 aliphatic carbocycles. The van der Waals surface area contributed by atoms with Gasteiger partial charge in [-0.15, -0.1) is 0 Å². The number of carboxylic acids is 1. The molecule has 0 saturated carbocycles. The highest BCUT2D eigenvalue weighted by Gasteiger charge is 2.28. The van der Waals surface area contributed by atoms with Crippen molar-refractivity contribution in [1.82, 2.24) is 4.90 Å². The van der Waals surface area contributed by atoms with Crippen LogP contribution in [-0.4, -0.2) is 35.7 Å². The Morgan fingerprint density at radius 1 is 1.12 bits per heavy atom. The molecule has 1 aliphatic heterocycles. The molecule has 1 N–H and O–H groups in total. The molecule has 1 unspecified atom stereocenters. The minimum absolute atomic E-state index is 0.403. The Balaban J connectivity index is 1.73. The van der Waals surface area contributed by atoms with Crippen molar-refractivity contribution in [2.45, 2.75) is 38.5 Å². The monoisotopic (exact) mass is 355 g/mol. The Morgan fingerprint density at radius 3 is 2.65 bits per heavy atom. The lowest BCUT2D eigenvalue weighted by atomic mass is 10.0. The van der Waals surface area contributed by atoms with E-state index in [9.17, 15) is 9.90 Å². The van der Waals surface area contributed by atoms with Crippen LogP contribution in [0.4, 0.5) is 0 Å². The SMILES string of the molecule is COc1ccc(CN2CCCCC2C(=O)O)cc1OCc1ccccc1. The van der Waals surface area contributed by atoms with Gasteiger partial charge in [-0.1, -0.05) is 42.8 Å². The summed E-state index contributed by atoms with van der Waals surface area (Å²) in [6.45, 7) is 1.87. The van der Waals surface area contributed by atoms with Gasteiger partial charge in [-0.3, -0.25) is 9.69 Å². The second-order valence-electron chi connectivity index (χ2n) is 6.58. The zero-order chi connectivity index (χ0) is 18.4. The van der Waals surface area contributed by atoms with Crippen LogP contribution in [0, 0.1) is 0 Å². The number of carbonyl (C=O) groups is 1. The van der Waals surface area contributed by atoms with Gasteiger partial charge in [0.25, 0.3) is 0 Å². The number of aliphatic carboxylic acids is 1. The van der Waals surface area contributed by atoms with E-state index >= 15 is 0 Å². The minimum atomic E-state index is -0.737. The molecule has 1 aliphatic rings. The van der Waals surface area contributed by atoms with Crippen molar-refractivity contribution >= 4 is 5.97 Å². The van der Waals surface area contributed by atoms with E-state index in [1.54, 1.807) is 7.11 Å². The second kappa shape index (κ2) is 8.72. The molecule has 26 heavy (non-hydrogen) atoms. The predicted molar refractivity (Wildman–Crippen MR) is 99.5 cm³/mol. The van der Waals surface area contributed by atoms with E-state index in [4.69, 9.17) is 9.47 Å². The van der Waals surface area contributed by atoms with E-state index in [1.807, 2.05) is 53.4 Å². The molecular formula is C21H25NO4. The summed E-state index contributed by atoms with van der Waals surface area (Å²) in [6, 6.07) is 15.4. The number of likely N-dealkylation sites (tertiary alicyclic amines) is 1. The summed E-state index contributed by atoms with van der Waals surface area (Å²) < 4.78 is 11.4. The van der Waals surface area contributed by atoms with Crippen LogP contribution in [0.25, 0.3) is 0 Å². The molecule has 5 heteroatoms. The maximum absolute atomic E-state index is 11.5. The lowest BCUT2D eigenvalue weighted by Gasteiger charge is -2.33. The highest BCUT2D eigenvalue weighted by atomic mass is 16.5. The van der Waals surface area contributed by atoms with Gasteiger partial charge in [0.2, 0.25) is 0 Å². The molecule has 0 aromatic heterocycles. The highest BCUT2D eigenvalue weighted by Crippen LogP contribution is 2.30. The predicted octanol–water partition coefficient (Wildman–Crippen LogP) is 3.71. The molecule has 0 spiro atoms. The molecule has 5 nitrogen and oxygen atoms in total. The molecule has 1 fully saturated rings. The maximum atomic E-state index is 11.5. The molecule has 0 radical (unpaired) electrons. The van der Waals surface area contributed by atoms with E-state index in [2.05, 4.69) is 0 Å². The summed E-state index contributed by atoms with van der Waals surface area (Å²) >= 11 is 0. The summed E-state index contributed by atoms with van der Waals surface area (Å²) in [6.07, 6.45) is 2.72. The Labute approximate surface area is 154 Å². The number of benzene rings is 2. The first-order chi connectivity index (χ1) is 12.7. The van der Waals surface area contributed by atoms with E-state index in [0.29, 0.717) is 31.1 Å². The molecule has 2 aromatic rings. The van der Waals surface area contributed by atoms with Gasteiger partial charge in [-0.25, -0.2) is 0 Å². The molecular weight excluding hydrogens is 330 g/mol. The largest absolute Gasteiger partial charge is 0.493 e. The first kappa shape index (κ1) is 18.3. The summed E-state index contributed by atoms with van der Waals surface area (Å²) in [5, 5.41) is 9.45. The number of ether oxygens (including phenoxy) is 2. The second-order valence-corrected chi connectivity index (χ2v) is 6.58. The van der Waals surface area contributed by atoms with Gasteiger partial charge in [0.05, 0.1) is 7.11 Å². The quantitative estimate of drug-likeness (QED) is 0.820. The van der Waals surface area contributed by atoms with Crippen molar-refractivity contribution < 1.29 is 19.4 Å². The van der Waals surface area contributed by atoms with Crippen LogP contribution in [-0.2, 0) is 17.9 Å². The summed E-state index contributed by atoms with van der Waals surface area (Å²) in [5.74, 6) is 0.620. The fraction of sp³-hybridized carbons (Fsp3) is 0.381. The molecule has 0 amide bonds. The molecule has 1 atom stereocenters. The third-order valence-corrected chi connectivity index (χ3v) is 4.75. The highest BCUT2D eigenvalue weighted by molar-refractivity contribution is 5.73. The number of piperidine rings is 1. The van der Waals surface area contributed by atoms with E-state index < -0.39 is 12.0 Å². The normalized spacial score (nSPS) is 17.7. The molecule has 1 saturated heterocycles. The average Bonchev–Trinajstić information content (AvgIpc) is 2.67. The van der Waals surface area contributed by atoms with Crippen molar-refractivity contribution in [1.29, 1.82) is 0 Å². The number of methoxy groups -OCH3 is 1. The first-order valence-electron chi connectivity index (χ1n) is 8.98. The van der Waals surface area contributed by atoms with Gasteiger partial charge in [-0.05, 0) is 42.6 Å². The van der Waals surface area contributed by atoms with Crippen LogP contribution in [0.2, 0.25) is 0 Å². The standard InChI is InChI=1S/C21H25NO4/c1-25-19-11-10-17(14-22-12-6-5-9-18(22)21(23)24)13-20(19)26-15-16-7-3-2-4-8-16/h2-4,7-8,10-11,13,18H,5-6,9,12,14-15H2,1H3,(H,23,24). The Bertz CT molecular complexity index is 732. The van der Waals surface area contributed by atoms with Gasteiger partial charge >= 0.3 is 5.97 Å². The molecule has 0 bridgehead atoms. The average molecular weight is 355 g/mol. The van der Waals surface area contributed by atoms with E-state index in [0.717, 1.165) is 30.5 Å².